The zero-order chi connectivity index (χ0) is 22.4. The Kier molecular flexibility index (Phi) is 9.66. The zero-order valence-electron chi connectivity index (χ0n) is 19.6. The molecule has 0 bridgehead atoms. The first-order valence-electron chi connectivity index (χ1n) is 10.4. The molecular formula is C21H44NO5S+. The molecule has 1 unspecified atom stereocenters. The lowest BCUT2D eigenvalue weighted by Crippen LogP contribution is -2.48. The highest BCUT2D eigenvalue weighted by Gasteiger charge is 2.49. The van der Waals surface area contributed by atoms with Crippen molar-refractivity contribution in [3.05, 3.63) is 0 Å². The number of quaternary nitrogens is 1. The van der Waals surface area contributed by atoms with Gasteiger partial charge in [-0.2, -0.15) is 8.42 Å². The van der Waals surface area contributed by atoms with E-state index in [1.807, 2.05) is 21.0 Å². The maximum atomic E-state index is 13.2. The van der Waals surface area contributed by atoms with Crippen LogP contribution in [0.3, 0.4) is 0 Å². The van der Waals surface area contributed by atoms with Crippen LogP contribution in [0.1, 0.15) is 74.1 Å². The number of esters is 1. The van der Waals surface area contributed by atoms with Crippen LogP contribution in [0.4, 0.5) is 0 Å². The van der Waals surface area contributed by atoms with E-state index in [-0.39, 0.29) is 22.6 Å². The van der Waals surface area contributed by atoms with Crippen molar-refractivity contribution in [2.45, 2.75) is 74.1 Å². The van der Waals surface area contributed by atoms with E-state index in [0.29, 0.717) is 30.6 Å². The van der Waals surface area contributed by atoms with E-state index in [1.54, 1.807) is 0 Å². The van der Waals surface area contributed by atoms with E-state index in [9.17, 15) is 13.2 Å². The molecule has 0 aromatic rings. The van der Waals surface area contributed by atoms with Crippen molar-refractivity contribution in [3.63, 3.8) is 0 Å². The van der Waals surface area contributed by atoms with Gasteiger partial charge in [0.2, 0.25) is 0 Å². The molecule has 1 N–H and O–H groups in total. The van der Waals surface area contributed by atoms with Crippen molar-refractivity contribution in [2.75, 3.05) is 39.5 Å². The number of hydrogen-bond acceptors (Lipinski definition) is 4. The normalized spacial score (nSPS) is 15.9. The van der Waals surface area contributed by atoms with Crippen molar-refractivity contribution >= 4 is 16.1 Å². The van der Waals surface area contributed by atoms with Gasteiger partial charge in [-0.05, 0) is 30.6 Å². The minimum Gasteiger partial charge on any atom is -0.459 e. The van der Waals surface area contributed by atoms with Gasteiger partial charge < -0.3 is 9.22 Å². The van der Waals surface area contributed by atoms with Gasteiger partial charge in [-0.25, -0.2) is 0 Å². The number of carbonyl (C=O) groups excluding carboxylic acids is 1. The van der Waals surface area contributed by atoms with Crippen molar-refractivity contribution in [2.24, 2.45) is 16.2 Å². The summed E-state index contributed by atoms with van der Waals surface area (Å²) < 4.78 is 36.9. The van der Waals surface area contributed by atoms with Gasteiger partial charge in [-0.15, -0.1) is 0 Å². The molecule has 0 radical (unpaired) electrons. The van der Waals surface area contributed by atoms with Gasteiger partial charge in [0.05, 0.1) is 31.8 Å². The standard InChI is InChI=1S/C21H43NO5S/c1-10-19(3,4)17-21(7,20(5,6)11-2)18(23)27-15-14-22(8,9)13-12-16-28(24,25)26/h10-17H2,1-9H3/p+1. The molecule has 0 aliphatic carbocycles. The fraction of sp³-hybridized carbons (Fsp3) is 0.952. The highest BCUT2D eigenvalue weighted by molar-refractivity contribution is 7.85. The van der Waals surface area contributed by atoms with Crippen LogP contribution < -0.4 is 0 Å². The highest BCUT2D eigenvalue weighted by atomic mass is 32.2. The topological polar surface area (TPSA) is 80.7 Å². The quantitative estimate of drug-likeness (QED) is 0.274. The Balaban J connectivity index is 5.01. The number of nitrogens with zero attached hydrogens (tertiary/aromatic N) is 1. The Morgan fingerprint density at radius 2 is 1.54 bits per heavy atom. The van der Waals surface area contributed by atoms with E-state index in [1.165, 1.54) is 0 Å². The molecule has 0 aliphatic heterocycles. The van der Waals surface area contributed by atoms with E-state index in [2.05, 4.69) is 41.5 Å². The molecule has 0 spiro atoms. The summed E-state index contributed by atoms with van der Waals surface area (Å²) in [4.78, 5) is 13.2. The maximum Gasteiger partial charge on any atom is 0.312 e. The van der Waals surface area contributed by atoms with Crippen LogP contribution in [0.2, 0.25) is 0 Å². The summed E-state index contributed by atoms with van der Waals surface area (Å²) in [5, 5.41) is 0. The fourth-order valence-electron chi connectivity index (χ4n) is 3.39. The molecule has 0 aromatic heterocycles. The summed E-state index contributed by atoms with van der Waals surface area (Å²) in [6, 6.07) is 0. The molecule has 0 saturated heterocycles. The van der Waals surface area contributed by atoms with Crippen LogP contribution in [0.15, 0.2) is 0 Å². The van der Waals surface area contributed by atoms with Crippen LogP contribution in [-0.2, 0) is 19.6 Å². The van der Waals surface area contributed by atoms with Gasteiger partial charge in [0.15, 0.2) is 0 Å². The average molecular weight is 423 g/mol. The Morgan fingerprint density at radius 1 is 1.00 bits per heavy atom. The number of ether oxygens (including phenoxy) is 1. The molecule has 0 aliphatic rings. The summed E-state index contributed by atoms with van der Waals surface area (Å²) in [6.45, 7) is 16.4. The first-order chi connectivity index (χ1) is 12.4. The molecule has 0 rings (SSSR count). The number of carbonyl (C=O) groups is 1. The summed E-state index contributed by atoms with van der Waals surface area (Å²) >= 11 is 0. The second-order valence-corrected chi connectivity index (χ2v) is 12.0. The maximum absolute atomic E-state index is 13.2. The molecule has 0 fully saturated rings. The minimum atomic E-state index is -3.93. The lowest BCUT2D eigenvalue weighted by atomic mass is 9.58. The Bertz CT molecular complexity index is 610. The molecule has 168 valence electrons. The van der Waals surface area contributed by atoms with Crippen molar-refractivity contribution in [1.29, 1.82) is 0 Å². The SMILES string of the molecule is CCC(C)(C)CC(C)(C(=O)OCC[N+](C)(C)CCCS(=O)(=O)O)C(C)(C)CC. The first kappa shape index (κ1) is 27.3. The predicted octanol–water partition coefficient (Wildman–Crippen LogP) is 4.15. The molecule has 0 aromatic carbocycles. The van der Waals surface area contributed by atoms with Crippen LogP contribution in [0, 0.1) is 16.2 Å². The lowest BCUT2D eigenvalue weighted by molar-refractivity contribution is -0.890. The second-order valence-electron chi connectivity index (χ2n) is 10.4. The average Bonchev–Trinajstić information content (AvgIpc) is 2.52. The fourth-order valence-corrected chi connectivity index (χ4v) is 3.89. The van der Waals surface area contributed by atoms with Gasteiger partial charge in [-0.3, -0.25) is 9.35 Å². The van der Waals surface area contributed by atoms with Crippen LogP contribution in [0.5, 0.6) is 0 Å². The van der Waals surface area contributed by atoms with Crippen LogP contribution in [0.25, 0.3) is 0 Å². The highest BCUT2D eigenvalue weighted by Crippen LogP contribution is 2.50. The molecule has 28 heavy (non-hydrogen) atoms. The minimum absolute atomic E-state index is 0.0470. The Morgan fingerprint density at radius 3 is 1.96 bits per heavy atom. The van der Waals surface area contributed by atoms with E-state index in [0.717, 1.165) is 19.3 Å². The van der Waals surface area contributed by atoms with Crippen molar-refractivity contribution < 1.29 is 27.0 Å². The van der Waals surface area contributed by atoms with E-state index < -0.39 is 15.5 Å². The first-order valence-corrected chi connectivity index (χ1v) is 12.0. The van der Waals surface area contributed by atoms with E-state index in [4.69, 9.17) is 9.29 Å². The number of likely N-dealkylation sites (N-methyl/N-ethyl adjacent to an activating group) is 1. The molecule has 6 nitrogen and oxygen atoms in total. The largest absolute Gasteiger partial charge is 0.459 e. The third kappa shape index (κ3) is 8.78. The predicted molar refractivity (Wildman–Crippen MR) is 115 cm³/mol. The second kappa shape index (κ2) is 9.90. The third-order valence-electron chi connectivity index (χ3n) is 6.71. The molecule has 0 saturated carbocycles. The third-order valence-corrected chi connectivity index (χ3v) is 7.52. The monoisotopic (exact) mass is 422 g/mol. The molecular weight excluding hydrogens is 378 g/mol. The summed E-state index contributed by atoms with van der Waals surface area (Å²) in [5.74, 6) is -0.401. The van der Waals surface area contributed by atoms with Crippen LogP contribution >= 0.6 is 0 Å². The van der Waals surface area contributed by atoms with Crippen molar-refractivity contribution in [3.8, 4) is 0 Å². The van der Waals surface area contributed by atoms with Gasteiger partial charge in [-0.1, -0.05) is 48.0 Å². The Hall–Kier alpha value is -0.660. The summed E-state index contributed by atoms with van der Waals surface area (Å²) in [6.07, 6.45) is 3.01. The zero-order valence-corrected chi connectivity index (χ0v) is 20.4. The van der Waals surface area contributed by atoms with Crippen LogP contribution in [-0.4, -0.2) is 63.0 Å². The number of hydrogen-bond donors (Lipinski definition) is 1. The van der Waals surface area contributed by atoms with E-state index >= 15 is 0 Å². The molecule has 1 atom stereocenters. The molecule has 0 heterocycles. The van der Waals surface area contributed by atoms with Gasteiger partial charge >= 0.3 is 5.97 Å². The van der Waals surface area contributed by atoms with Crippen molar-refractivity contribution in [1.82, 2.24) is 0 Å². The summed E-state index contributed by atoms with van der Waals surface area (Å²) in [7, 11) is -0.00355. The van der Waals surface area contributed by atoms with Gasteiger partial charge in [0.1, 0.15) is 13.2 Å². The molecule has 7 heteroatoms. The lowest BCUT2D eigenvalue weighted by Gasteiger charge is -2.46. The van der Waals surface area contributed by atoms with Gasteiger partial charge in [0, 0.05) is 6.42 Å². The van der Waals surface area contributed by atoms with Gasteiger partial charge in [0.25, 0.3) is 10.1 Å². The smallest absolute Gasteiger partial charge is 0.312 e. The Labute approximate surface area is 173 Å². The molecule has 0 amide bonds. The number of rotatable bonds is 13. The summed E-state index contributed by atoms with van der Waals surface area (Å²) in [5.41, 5.74) is -0.717.